The first kappa shape index (κ1) is 13.8. The number of nitrogens with zero attached hydrogens (tertiary/aromatic N) is 1. The van der Waals surface area contributed by atoms with Crippen molar-refractivity contribution in [1.29, 1.82) is 0 Å². The molecule has 0 spiro atoms. The highest BCUT2D eigenvalue weighted by molar-refractivity contribution is 9.10. The number of pyridine rings is 1. The van der Waals surface area contributed by atoms with Crippen LogP contribution in [-0.2, 0) is 6.54 Å². The molecule has 100 valence electrons. The first-order valence-electron chi connectivity index (χ1n) is 5.84. The highest BCUT2D eigenvalue weighted by atomic mass is 79.9. The molecule has 0 atom stereocenters. The van der Waals surface area contributed by atoms with Crippen molar-refractivity contribution in [3.05, 3.63) is 46.7 Å². The maximum absolute atomic E-state index is 5.83. The second-order valence-corrected chi connectivity index (χ2v) is 4.77. The van der Waals surface area contributed by atoms with Crippen molar-refractivity contribution in [2.45, 2.75) is 6.54 Å². The Morgan fingerprint density at radius 3 is 2.74 bits per heavy atom. The molecule has 1 heterocycles. The fourth-order valence-corrected chi connectivity index (χ4v) is 2.05. The molecule has 19 heavy (non-hydrogen) atoms. The molecule has 0 amide bonds. The Morgan fingerprint density at radius 1 is 1.21 bits per heavy atom. The van der Waals surface area contributed by atoms with Gasteiger partial charge < -0.3 is 14.8 Å². The van der Waals surface area contributed by atoms with E-state index >= 15 is 0 Å². The maximum Gasteiger partial charge on any atom is 0.141 e. The van der Waals surface area contributed by atoms with Gasteiger partial charge in [-0.25, -0.2) is 0 Å². The zero-order chi connectivity index (χ0) is 13.7. The van der Waals surface area contributed by atoms with Crippen LogP contribution in [0.3, 0.4) is 0 Å². The van der Waals surface area contributed by atoms with Crippen molar-refractivity contribution in [1.82, 2.24) is 10.3 Å². The number of hydrogen-bond donors (Lipinski definition) is 1. The third-order valence-corrected chi connectivity index (χ3v) is 3.13. The number of aromatic nitrogens is 1. The van der Waals surface area contributed by atoms with E-state index in [-0.39, 0.29) is 0 Å². The minimum absolute atomic E-state index is 0.709. The number of nitrogens with one attached hydrogen (secondary N) is 1. The molecule has 1 aromatic heterocycles. The van der Waals surface area contributed by atoms with Crippen LogP contribution < -0.4 is 14.8 Å². The van der Waals surface area contributed by atoms with Crippen LogP contribution in [0.2, 0.25) is 0 Å². The number of ether oxygens (including phenoxy) is 2. The lowest BCUT2D eigenvalue weighted by Gasteiger charge is -2.10. The summed E-state index contributed by atoms with van der Waals surface area (Å²) in [6, 6.07) is 9.32. The Hall–Kier alpha value is -1.59. The summed E-state index contributed by atoms with van der Waals surface area (Å²) < 4.78 is 11.8. The molecule has 0 saturated carbocycles. The molecule has 2 rings (SSSR count). The van der Waals surface area contributed by atoms with Crippen LogP contribution in [0.4, 0.5) is 0 Å². The van der Waals surface area contributed by atoms with Crippen molar-refractivity contribution in [3.63, 3.8) is 0 Å². The van der Waals surface area contributed by atoms with Crippen LogP contribution >= 0.6 is 15.9 Å². The van der Waals surface area contributed by atoms with Crippen LogP contribution in [0, 0.1) is 0 Å². The summed E-state index contributed by atoms with van der Waals surface area (Å²) in [4.78, 5) is 4.25. The third kappa shape index (κ3) is 3.68. The van der Waals surface area contributed by atoms with E-state index in [1.165, 1.54) is 0 Å². The maximum atomic E-state index is 5.83. The Labute approximate surface area is 120 Å². The molecule has 2 aromatic rings. The molecule has 0 aliphatic rings. The molecular formula is C14H15BrN2O2. The lowest BCUT2D eigenvalue weighted by Crippen LogP contribution is -2.06. The zero-order valence-corrected chi connectivity index (χ0v) is 12.4. The quantitative estimate of drug-likeness (QED) is 0.916. The van der Waals surface area contributed by atoms with Crippen LogP contribution in [0.5, 0.6) is 17.2 Å². The van der Waals surface area contributed by atoms with Gasteiger partial charge in [0.2, 0.25) is 0 Å². The van der Waals surface area contributed by atoms with Gasteiger partial charge in [0.1, 0.15) is 17.2 Å². The molecule has 0 unspecified atom stereocenters. The van der Waals surface area contributed by atoms with E-state index in [2.05, 4.69) is 26.2 Å². The highest BCUT2D eigenvalue weighted by Gasteiger charge is 2.05. The number of halogens is 1. The molecule has 1 N–H and O–H groups in total. The molecule has 0 radical (unpaired) electrons. The second kappa shape index (κ2) is 6.54. The fourth-order valence-electron chi connectivity index (χ4n) is 1.62. The largest absolute Gasteiger partial charge is 0.497 e. The lowest BCUT2D eigenvalue weighted by molar-refractivity contribution is 0.412. The monoisotopic (exact) mass is 322 g/mol. The molecule has 1 aromatic carbocycles. The highest BCUT2D eigenvalue weighted by Crippen LogP contribution is 2.32. The number of benzene rings is 1. The molecule has 0 aliphatic carbocycles. The van der Waals surface area contributed by atoms with Gasteiger partial charge in [-0.3, -0.25) is 4.98 Å². The summed E-state index contributed by atoms with van der Waals surface area (Å²) in [7, 11) is 3.52. The summed E-state index contributed by atoms with van der Waals surface area (Å²) in [6.45, 7) is 0.709. The number of rotatable bonds is 5. The summed E-state index contributed by atoms with van der Waals surface area (Å²) in [6.07, 6.45) is 1.74. The van der Waals surface area contributed by atoms with Gasteiger partial charge in [-0.05, 0) is 47.2 Å². The van der Waals surface area contributed by atoms with Gasteiger partial charge in [-0.1, -0.05) is 0 Å². The minimum atomic E-state index is 0.709. The SMILES string of the molecule is CNCc1cc(Oc2ccc(OC)cc2Br)ccn1. The van der Waals surface area contributed by atoms with E-state index < -0.39 is 0 Å². The standard InChI is InChI=1S/C14H15BrN2O2/c1-16-9-10-7-12(5-6-17-10)19-14-4-3-11(18-2)8-13(14)15/h3-8,16H,9H2,1-2H3. The van der Waals surface area contributed by atoms with Gasteiger partial charge >= 0.3 is 0 Å². The Bertz CT molecular complexity index is 561. The average molecular weight is 323 g/mol. The summed E-state index contributed by atoms with van der Waals surface area (Å²) in [5.74, 6) is 2.28. The van der Waals surface area contributed by atoms with Crippen LogP contribution in [0.1, 0.15) is 5.69 Å². The zero-order valence-electron chi connectivity index (χ0n) is 10.8. The Balaban J connectivity index is 2.18. The number of hydrogen-bond acceptors (Lipinski definition) is 4. The minimum Gasteiger partial charge on any atom is -0.497 e. The van der Waals surface area contributed by atoms with Crippen molar-refractivity contribution >= 4 is 15.9 Å². The fraction of sp³-hybridized carbons (Fsp3) is 0.214. The number of methoxy groups -OCH3 is 1. The van der Waals surface area contributed by atoms with E-state index in [1.807, 2.05) is 37.4 Å². The van der Waals surface area contributed by atoms with Crippen molar-refractivity contribution in [3.8, 4) is 17.2 Å². The Morgan fingerprint density at radius 2 is 2.05 bits per heavy atom. The summed E-state index contributed by atoms with van der Waals surface area (Å²) in [5, 5.41) is 3.06. The molecule has 0 bridgehead atoms. The Kier molecular flexibility index (Phi) is 4.76. The van der Waals surface area contributed by atoms with Gasteiger partial charge in [0.15, 0.2) is 0 Å². The van der Waals surface area contributed by atoms with Gasteiger partial charge in [-0.15, -0.1) is 0 Å². The summed E-state index contributed by atoms with van der Waals surface area (Å²) in [5.41, 5.74) is 0.935. The van der Waals surface area contributed by atoms with Crippen molar-refractivity contribution < 1.29 is 9.47 Å². The molecule has 4 nitrogen and oxygen atoms in total. The first-order valence-corrected chi connectivity index (χ1v) is 6.63. The summed E-state index contributed by atoms with van der Waals surface area (Å²) >= 11 is 3.46. The van der Waals surface area contributed by atoms with Gasteiger partial charge in [0.05, 0.1) is 17.3 Å². The van der Waals surface area contributed by atoms with Gasteiger partial charge in [0.25, 0.3) is 0 Å². The van der Waals surface area contributed by atoms with E-state index in [0.717, 1.165) is 27.4 Å². The topological polar surface area (TPSA) is 43.4 Å². The molecule has 0 fully saturated rings. The smallest absolute Gasteiger partial charge is 0.141 e. The van der Waals surface area contributed by atoms with Gasteiger partial charge in [0, 0.05) is 18.8 Å². The second-order valence-electron chi connectivity index (χ2n) is 3.91. The van der Waals surface area contributed by atoms with Crippen LogP contribution in [0.25, 0.3) is 0 Å². The lowest BCUT2D eigenvalue weighted by atomic mass is 10.3. The predicted molar refractivity (Wildman–Crippen MR) is 77.8 cm³/mol. The first-order chi connectivity index (χ1) is 9.22. The molecule has 0 aliphatic heterocycles. The van der Waals surface area contributed by atoms with E-state index in [0.29, 0.717) is 6.54 Å². The van der Waals surface area contributed by atoms with E-state index in [4.69, 9.17) is 9.47 Å². The van der Waals surface area contributed by atoms with E-state index in [9.17, 15) is 0 Å². The van der Waals surface area contributed by atoms with Crippen LogP contribution in [-0.4, -0.2) is 19.1 Å². The third-order valence-electron chi connectivity index (χ3n) is 2.51. The molecule has 0 saturated heterocycles. The average Bonchev–Trinajstić information content (AvgIpc) is 2.42. The predicted octanol–water partition coefficient (Wildman–Crippen LogP) is 3.36. The molecular weight excluding hydrogens is 308 g/mol. The normalized spacial score (nSPS) is 10.3. The van der Waals surface area contributed by atoms with Crippen LogP contribution in [0.15, 0.2) is 41.0 Å². The van der Waals surface area contributed by atoms with E-state index in [1.54, 1.807) is 13.3 Å². The molecule has 5 heteroatoms. The van der Waals surface area contributed by atoms with Crippen molar-refractivity contribution in [2.24, 2.45) is 0 Å². The van der Waals surface area contributed by atoms with Crippen molar-refractivity contribution in [2.75, 3.05) is 14.2 Å². The van der Waals surface area contributed by atoms with Gasteiger partial charge in [-0.2, -0.15) is 0 Å².